The Hall–Kier alpha value is -2.89. The summed E-state index contributed by atoms with van der Waals surface area (Å²) in [5.41, 5.74) is -0.380. The Bertz CT molecular complexity index is 1080. The van der Waals surface area contributed by atoms with Crippen LogP contribution in [0.1, 0.15) is 57.8 Å². The van der Waals surface area contributed by atoms with Crippen molar-refractivity contribution in [3.63, 3.8) is 0 Å². The molecule has 2 aliphatic heterocycles. The van der Waals surface area contributed by atoms with Gasteiger partial charge in [-0.3, -0.25) is 19.2 Å². The Balaban J connectivity index is 1.78. The van der Waals surface area contributed by atoms with Crippen molar-refractivity contribution in [2.75, 3.05) is 39.5 Å². The summed E-state index contributed by atoms with van der Waals surface area (Å²) in [4.78, 5) is 55.8. The quantitative estimate of drug-likeness (QED) is 0.403. The van der Waals surface area contributed by atoms with Gasteiger partial charge in [0.15, 0.2) is 6.61 Å². The summed E-state index contributed by atoms with van der Waals surface area (Å²) >= 11 is 6.17. The Labute approximate surface area is 240 Å². The second-order valence-corrected chi connectivity index (χ2v) is 12.2. The second-order valence-electron chi connectivity index (χ2n) is 11.7. The van der Waals surface area contributed by atoms with Gasteiger partial charge in [0.1, 0.15) is 17.8 Å². The van der Waals surface area contributed by atoms with Gasteiger partial charge in [-0.05, 0) is 51.3 Å². The van der Waals surface area contributed by atoms with Crippen LogP contribution in [0.25, 0.3) is 0 Å². The number of hydrogen-bond donors (Lipinski definition) is 3. The number of nitrogens with one attached hydrogen (secondary N) is 2. The SMILES string of the molecule is CC(C)C[C@@H](NC(=O)c1cc(Cl)ccc1OCC(=O)NC(C)(C)C)C(=O)N1C[C@@H](O)C[C@@H]1C(=O)N1CCOCC1. The van der Waals surface area contributed by atoms with Gasteiger partial charge in [-0.2, -0.15) is 0 Å². The molecule has 11 nitrogen and oxygen atoms in total. The topological polar surface area (TPSA) is 138 Å². The van der Waals surface area contributed by atoms with Crippen LogP contribution in [0.5, 0.6) is 5.75 Å². The van der Waals surface area contributed by atoms with Gasteiger partial charge in [0.05, 0.1) is 24.9 Å². The summed E-state index contributed by atoms with van der Waals surface area (Å²) < 4.78 is 11.0. The van der Waals surface area contributed by atoms with E-state index in [1.807, 2.05) is 34.6 Å². The summed E-state index contributed by atoms with van der Waals surface area (Å²) in [5.74, 6) is -1.47. The predicted molar refractivity (Wildman–Crippen MR) is 149 cm³/mol. The number of ether oxygens (including phenoxy) is 2. The minimum Gasteiger partial charge on any atom is -0.483 e. The van der Waals surface area contributed by atoms with Gasteiger partial charge in [0.2, 0.25) is 11.8 Å². The van der Waals surface area contributed by atoms with Gasteiger partial charge in [0, 0.05) is 36.6 Å². The van der Waals surface area contributed by atoms with E-state index in [0.29, 0.717) is 32.7 Å². The van der Waals surface area contributed by atoms with Crippen LogP contribution in [0.2, 0.25) is 5.02 Å². The third-order valence-corrected chi connectivity index (χ3v) is 6.77. The molecule has 0 aliphatic carbocycles. The number of aliphatic hydroxyl groups is 1. The molecule has 12 heteroatoms. The Kier molecular flexibility index (Phi) is 10.8. The highest BCUT2D eigenvalue weighted by molar-refractivity contribution is 6.31. The number of nitrogens with zero attached hydrogens (tertiary/aromatic N) is 2. The minimum absolute atomic E-state index is 0.00153. The number of benzene rings is 1. The molecule has 2 heterocycles. The molecule has 3 rings (SSSR count). The van der Waals surface area contributed by atoms with Crippen molar-refractivity contribution in [1.82, 2.24) is 20.4 Å². The van der Waals surface area contributed by atoms with Crippen molar-refractivity contribution < 1.29 is 33.8 Å². The molecule has 0 bridgehead atoms. The zero-order chi connectivity index (χ0) is 29.6. The third kappa shape index (κ3) is 8.81. The first-order valence-corrected chi connectivity index (χ1v) is 14.0. The second kappa shape index (κ2) is 13.6. The third-order valence-electron chi connectivity index (χ3n) is 6.54. The van der Waals surface area contributed by atoms with Crippen molar-refractivity contribution in [2.45, 2.75) is 71.2 Å². The molecule has 0 saturated carbocycles. The van der Waals surface area contributed by atoms with Crippen LogP contribution in [-0.2, 0) is 19.1 Å². The van der Waals surface area contributed by atoms with E-state index >= 15 is 0 Å². The highest BCUT2D eigenvalue weighted by Crippen LogP contribution is 2.26. The molecule has 3 N–H and O–H groups in total. The molecule has 0 aromatic heterocycles. The normalized spacial score (nSPS) is 20.3. The summed E-state index contributed by atoms with van der Waals surface area (Å²) in [6, 6.07) is 2.66. The average Bonchev–Trinajstić information content (AvgIpc) is 3.27. The molecule has 222 valence electrons. The lowest BCUT2D eigenvalue weighted by molar-refractivity contribution is -0.147. The number of likely N-dealkylation sites (tertiary alicyclic amines) is 1. The van der Waals surface area contributed by atoms with Gasteiger partial charge >= 0.3 is 0 Å². The van der Waals surface area contributed by atoms with E-state index in [0.717, 1.165) is 0 Å². The monoisotopic (exact) mass is 580 g/mol. The van der Waals surface area contributed by atoms with Crippen LogP contribution in [-0.4, -0.2) is 102 Å². The van der Waals surface area contributed by atoms with Crippen molar-refractivity contribution in [2.24, 2.45) is 5.92 Å². The number of β-amino-alcohol motifs (C(OH)–C–C–N with tert-alkyl or cyclic N) is 1. The Morgan fingerprint density at radius 1 is 1.18 bits per heavy atom. The molecule has 0 unspecified atom stereocenters. The van der Waals surface area contributed by atoms with Gasteiger partial charge in [-0.15, -0.1) is 0 Å². The summed E-state index contributed by atoms with van der Waals surface area (Å²) in [5, 5.41) is 16.3. The van der Waals surface area contributed by atoms with E-state index in [9.17, 15) is 24.3 Å². The fourth-order valence-electron chi connectivity index (χ4n) is 4.82. The number of carbonyl (C=O) groups is 4. The number of halogens is 1. The average molecular weight is 581 g/mol. The minimum atomic E-state index is -0.964. The number of rotatable bonds is 9. The lowest BCUT2D eigenvalue weighted by Crippen LogP contribution is -2.55. The highest BCUT2D eigenvalue weighted by Gasteiger charge is 2.43. The molecule has 2 saturated heterocycles. The largest absolute Gasteiger partial charge is 0.483 e. The first-order valence-electron chi connectivity index (χ1n) is 13.6. The van der Waals surface area contributed by atoms with Gasteiger partial charge in [-0.25, -0.2) is 0 Å². The van der Waals surface area contributed by atoms with Crippen molar-refractivity contribution in [3.8, 4) is 5.75 Å². The number of carbonyl (C=O) groups excluding carboxylic acids is 4. The van der Waals surface area contributed by atoms with Gasteiger partial charge in [0.25, 0.3) is 11.8 Å². The molecule has 4 amide bonds. The fraction of sp³-hybridized carbons (Fsp3) is 0.643. The Morgan fingerprint density at radius 3 is 2.48 bits per heavy atom. The maximum Gasteiger partial charge on any atom is 0.258 e. The zero-order valence-electron chi connectivity index (χ0n) is 23.9. The molecular weight excluding hydrogens is 540 g/mol. The molecular formula is C28H41ClN4O7. The van der Waals surface area contributed by atoms with Crippen molar-refractivity contribution in [1.29, 1.82) is 0 Å². The zero-order valence-corrected chi connectivity index (χ0v) is 24.6. The maximum absolute atomic E-state index is 13.8. The fourth-order valence-corrected chi connectivity index (χ4v) is 4.99. The van der Waals surface area contributed by atoms with Crippen LogP contribution < -0.4 is 15.4 Å². The summed E-state index contributed by atoms with van der Waals surface area (Å²) in [6.45, 7) is 10.7. The number of aliphatic hydroxyl groups excluding tert-OH is 1. The van der Waals surface area contributed by atoms with Crippen LogP contribution >= 0.6 is 11.6 Å². The molecule has 1 aromatic carbocycles. The van der Waals surface area contributed by atoms with Crippen LogP contribution in [0.3, 0.4) is 0 Å². The number of amides is 4. The molecule has 1 aromatic rings. The highest BCUT2D eigenvalue weighted by atomic mass is 35.5. The van der Waals surface area contributed by atoms with E-state index < -0.39 is 35.5 Å². The molecule has 0 radical (unpaired) electrons. The van der Waals surface area contributed by atoms with Crippen molar-refractivity contribution in [3.05, 3.63) is 28.8 Å². The van der Waals surface area contributed by atoms with Gasteiger partial charge < -0.3 is 35.0 Å². The van der Waals surface area contributed by atoms with E-state index in [1.165, 1.54) is 17.0 Å². The van der Waals surface area contributed by atoms with E-state index in [-0.39, 0.29) is 53.6 Å². The lowest BCUT2D eigenvalue weighted by atomic mass is 10.0. The lowest BCUT2D eigenvalue weighted by Gasteiger charge is -2.34. The molecule has 2 fully saturated rings. The molecule has 3 atom stereocenters. The Morgan fingerprint density at radius 2 is 1.85 bits per heavy atom. The first kappa shape index (κ1) is 31.6. The first-order chi connectivity index (χ1) is 18.7. The van der Waals surface area contributed by atoms with Crippen LogP contribution in [0.4, 0.5) is 0 Å². The molecule has 40 heavy (non-hydrogen) atoms. The number of morpholine rings is 1. The van der Waals surface area contributed by atoms with E-state index in [1.54, 1.807) is 11.0 Å². The van der Waals surface area contributed by atoms with E-state index in [2.05, 4.69) is 10.6 Å². The summed E-state index contributed by atoms with van der Waals surface area (Å²) in [7, 11) is 0. The molecule has 2 aliphatic rings. The predicted octanol–water partition coefficient (Wildman–Crippen LogP) is 1.60. The van der Waals surface area contributed by atoms with Gasteiger partial charge in [-0.1, -0.05) is 25.4 Å². The van der Waals surface area contributed by atoms with Crippen molar-refractivity contribution >= 4 is 35.2 Å². The van der Waals surface area contributed by atoms with Crippen LogP contribution in [0, 0.1) is 5.92 Å². The standard InChI is InChI=1S/C28H41ClN4O7/c1-17(2)12-21(26(37)33-15-19(34)14-22(33)27(38)32-8-10-39-11-9-32)30-25(36)20-13-18(29)6-7-23(20)40-16-24(35)31-28(3,4)5/h6-7,13,17,19,21-22,34H,8-12,14-16H2,1-5H3,(H,30,36)(H,31,35)/t19-,21+,22+/m0/s1. The van der Waals surface area contributed by atoms with Crippen LogP contribution in [0.15, 0.2) is 18.2 Å². The number of hydrogen-bond acceptors (Lipinski definition) is 7. The maximum atomic E-state index is 13.8. The van der Waals surface area contributed by atoms with E-state index in [4.69, 9.17) is 21.1 Å². The smallest absolute Gasteiger partial charge is 0.258 e. The summed E-state index contributed by atoms with van der Waals surface area (Å²) in [6.07, 6.45) is -0.408. The molecule has 0 spiro atoms.